The van der Waals surface area contributed by atoms with Gasteiger partial charge >= 0.3 is 11.9 Å². The van der Waals surface area contributed by atoms with Crippen LogP contribution in [0.4, 0.5) is 0 Å². The fraction of sp³-hybridized carbons (Fsp3) is 0.190. The van der Waals surface area contributed by atoms with E-state index in [1.165, 1.54) is 0 Å². The molecule has 7 nitrogen and oxygen atoms in total. The van der Waals surface area contributed by atoms with Gasteiger partial charge < -0.3 is 21.3 Å². The standard InChI is InChI=1S/C17H19ClN2O.C4H4O4/c1-17(20-16(21)12-19,14-7-3-2-4-8-14)11-13-6-5-9-15(18)10-13;5-3(6)1-2-4(7)8/h2-10H,11-12,19H2,1H3,(H,20,21);1-2H,(H,5,6)(H,7,8). The van der Waals surface area contributed by atoms with E-state index in [4.69, 9.17) is 27.5 Å². The predicted molar refractivity (Wildman–Crippen MR) is 111 cm³/mol. The zero-order valence-corrected chi connectivity index (χ0v) is 16.6. The van der Waals surface area contributed by atoms with E-state index in [-0.39, 0.29) is 12.5 Å². The molecule has 0 radical (unpaired) electrons. The van der Waals surface area contributed by atoms with Gasteiger partial charge in [0.05, 0.1) is 12.1 Å². The fourth-order valence-electron chi connectivity index (χ4n) is 2.58. The molecular formula is C21H23ClN2O5. The summed E-state index contributed by atoms with van der Waals surface area (Å²) < 4.78 is 0. The highest BCUT2D eigenvalue weighted by Gasteiger charge is 2.28. The van der Waals surface area contributed by atoms with Crippen molar-refractivity contribution < 1.29 is 24.6 Å². The second-order valence-corrected chi connectivity index (χ2v) is 6.70. The average molecular weight is 419 g/mol. The highest BCUT2D eigenvalue weighted by molar-refractivity contribution is 6.30. The van der Waals surface area contributed by atoms with Gasteiger partial charge in [-0.05, 0) is 36.6 Å². The summed E-state index contributed by atoms with van der Waals surface area (Å²) in [7, 11) is 0. The summed E-state index contributed by atoms with van der Waals surface area (Å²) in [6, 6.07) is 17.5. The molecular weight excluding hydrogens is 396 g/mol. The summed E-state index contributed by atoms with van der Waals surface area (Å²) in [6.45, 7) is 1.97. The molecule has 1 unspecified atom stereocenters. The van der Waals surface area contributed by atoms with E-state index in [1.807, 2.05) is 61.5 Å². The lowest BCUT2D eigenvalue weighted by Crippen LogP contribution is -2.47. The Hall–Kier alpha value is -3.16. The molecule has 0 aliphatic rings. The number of carboxylic acid groups (broad SMARTS) is 2. The number of carbonyl (C=O) groups excluding carboxylic acids is 1. The zero-order valence-electron chi connectivity index (χ0n) is 15.8. The van der Waals surface area contributed by atoms with Gasteiger partial charge in [0.15, 0.2) is 0 Å². The minimum absolute atomic E-state index is 0.0298. The van der Waals surface area contributed by atoms with Gasteiger partial charge in [0.2, 0.25) is 5.91 Å². The molecule has 0 spiro atoms. The Morgan fingerprint density at radius 2 is 1.62 bits per heavy atom. The third kappa shape index (κ3) is 9.05. The Bertz CT molecular complexity index is 854. The van der Waals surface area contributed by atoms with Crippen molar-refractivity contribution in [1.82, 2.24) is 5.32 Å². The molecule has 2 aromatic carbocycles. The second-order valence-electron chi connectivity index (χ2n) is 6.27. The second kappa shape index (κ2) is 11.6. The maximum absolute atomic E-state index is 11.8. The van der Waals surface area contributed by atoms with Gasteiger partial charge in [0.1, 0.15) is 0 Å². The van der Waals surface area contributed by atoms with Crippen LogP contribution in [-0.4, -0.2) is 34.6 Å². The molecule has 1 atom stereocenters. The monoisotopic (exact) mass is 418 g/mol. The number of hydrogen-bond donors (Lipinski definition) is 4. The maximum Gasteiger partial charge on any atom is 0.328 e. The van der Waals surface area contributed by atoms with Gasteiger partial charge in [-0.2, -0.15) is 0 Å². The summed E-state index contributed by atoms with van der Waals surface area (Å²) in [4.78, 5) is 30.9. The number of carbonyl (C=O) groups is 3. The van der Waals surface area contributed by atoms with Crippen LogP contribution in [0.25, 0.3) is 0 Å². The first-order chi connectivity index (χ1) is 13.7. The van der Waals surface area contributed by atoms with Crippen LogP contribution in [0.3, 0.4) is 0 Å². The number of nitrogens with two attached hydrogens (primary N) is 1. The largest absolute Gasteiger partial charge is 0.478 e. The smallest absolute Gasteiger partial charge is 0.328 e. The molecule has 154 valence electrons. The minimum atomic E-state index is -1.26. The first-order valence-electron chi connectivity index (χ1n) is 8.61. The van der Waals surface area contributed by atoms with Crippen LogP contribution >= 0.6 is 11.6 Å². The number of rotatable bonds is 7. The lowest BCUT2D eigenvalue weighted by Gasteiger charge is -2.32. The summed E-state index contributed by atoms with van der Waals surface area (Å²) >= 11 is 6.05. The number of amides is 1. The summed E-state index contributed by atoms with van der Waals surface area (Å²) in [5.41, 5.74) is 7.01. The number of nitrogens with one attached hydrogen (secondary N) is 1. The molecule has 2 aromatic rings. The molecule has 1 amide bonds. The van der Waals surface area contributed by atoms with Gasteiger partial charge in [-0.3, -0.25) is 4.79 Å². The van der Waals surface area contributed by atoms with Crippen molar-refractivity contribution in [3.05, 3.63) is 82.9 Å². The molecule has 0 saturated heterocycles. The molecule has 0 heterocycles. The average Bonchev–Trinajstić information content (AvgIpc) is 2.67. The summed E-state index contributed by atoms with van der Waals surface area (Å²) in [5.74, 6) is -2.69. The Balaban J connectivity index is 0.000000447. The van der Waals surface area contributed by atoms with Crippen LogP contribution in [0.2, 0.25) is 5.02 Å². The van der Waals surface area contributed by atoms with Crippen molar-refractivity contribution in [2.45, 2.75) is 18.9 Å². The van der Waals surface area contributed by atoms with Crippen molar-refractivity contribution >= 4 is 29.4 Å². The van der Waals surface area contributed by atoms with Crippen LogP contribution < -0.4 is 11.1 Å². The van der Waals surface area contributed by atoms with E-state index >= 15 is 0 Å². The van der Waals surface area contributed by atoms with Crippen LogP contribution in [0, 0.1) is 0 Å². The number of carboxylic acids is 2. The topological polar surface area (TPSA) is 130 Å². The molecule has 0 bridgehead atoms. The number of hydrogen-bond acceptors (Lipinski definition) is 4. The Labute approximate surface area is 173 Å². The van der Waals surface area contributed by atoms with Crippen LogP contribution in [0.5, 0.6) is 0 Å². The Kier molecular flexibility index (Phi) is 9.58. The number of halogens is 1. The van der Waals surface area contributed by atoms with Gasteiger partial charge in [-0.15, -0.1) is 0 Å². The highest BCUT2D eigenvalue weighted by atomic mass is 35.5. The lowest BCUT2D eigenvalue weighted by molar-refractivity contribution is -0.134. The summed E-state index contributed by atoms with van der Waals surface area (Å²) in [6.07, 6.45) is 1.76. The first-order valence-corrected chi connectivity index (χ1v) is 8.99. The molecule has 0 aromatic heterocycles. The van der Waals surface area contributed by atoms with Crippen molar-refractivity contribution in [1.29, 1.82) is 0 Å². The van der Waals surface area contributed by atoms with E-state index in [1.54, 1.807) is 0 Å². The predicted octanol–water partition coefficient (Wildman–Crippen LogP) is 2.58. The van der Waals surface area contributed by atoms with Crippen LogP contribution in [0.15, 0.2) is 66.7 Å². The molecule has 2 rings (SSSR count). The van der Waals surface area contributed by atoms with Gasteiger partial charge in [0, 0.05) is 17.2 Å². The number of benzene rings is 2. The van der Waals surface area contributed by atoms with Crippen molar-refractivity contribution in [2.75, 3.05) is 6.54 Å². The lowest BCUT2D eigenvalue weighted by atomic mass is 9.85. The maximum atomic E-state index is 11.8. The van der Waals surface area contributed by atoms with Crippen molar-refractivity contribution in [2.24, 2.45) is 5.73 Å². The van der Waals surface area contributed by atoms with Gasteiger partial charge in [0.25, 0.3) is 0 Å². The minimum Gasteiger partial charge on any atom is -0.478 e. The molecule has 8 heteroatoms. The van der Waals surface area contributed by atoms with E-state index < -0.39 is 17.5 Å². The summed E-state index contributed by atoms with van der Waals surface area (Å²) in [5, 5.41) is 19.3. The molecule has 0 aliphatic heterocycles. The quantitative estimate of drug-likeness (QED) is 0.511. The van der Waals surface area contributed by atoms with Crippen molar-refractivity contribution in [3.8, 4) is 0 Å². The highest BCUT2D eigenvalue weighted by Crippen LogP contribution is 2.26. The third-order valence-corrected chi connectivity index (χ3v) is 4.06. The van der Waals surface area contributed by atoms with E-state index in [0.717, 1.165) is 11.1 Å². The number of aliphatic carboxylic acids is 2. The van der Waals surface area contributed by atoms with Crippen molar-refractivity contribution in [3.63, 3.8) is 0 Å². The van der Waals surface area contributed by atoms with Gasteiger partial charge in [-0.25, -0.2) is 9.59 Å². The van der Waals surface area contributed by atoms with E-state index in [0.29, 0.717) is 23.6 Å². The molecule has 29 heavy (non-hydrogen) atoms. The fourth-order valence-corrected chi connectivity index (χ4v) is 2.79. The third-order valence-electron chi connectivity index (χ3n) is 3.83. The Morgan fingerprint density at radius 3 is 2.10 bits per heavy atom. The van der Waals surface area contributed by atoms with Gasteiger partial charge in [-0.1, -0.05) is 54.1 Å². The van der Waals surface area contributed by atoms with Crippen LogP contribution in [-0.2, 0) is 26.3 Å². The molecule has 0 aliphatic carbocycles. The van der Waals surface area contributed by atoms with E-state index in [9.17, 15) is 14.4 Å². The normalized spacial score (nSPS) is 12.4. The Morgan fingerprint density at radius 1 is 1.03 bits per heavy atom. The van der Waals surface area contributed by atoms with E-state index in [2.05, 4.69) is 5.32 Å². The molecule has 0 fully saturated rings. The molecule has 0 saturated carbocycles. The molecule has 5 N–H and O–H groups in total. The van der Waals surface area contributed by atoms with Crippen LogP contribution in [0.1, 0.15) is 18.1 Å². The first kappa shape index (κ1) is 23.9. The SMILES string of the molecule is CC(Cc1cccc(Cl)c1)(NC(=O)CN)c1ccccc1.O=C(O)C=CC(=O)O. The zero-order chi connectivity index (χ0) is 21.9.